The summed E-state index contributed by atoms with van der Waals surface area (Å²) in [5, 5.41) is 14.2. The van der Waals surface area contributed by atoms with E-state index in [-0.39, 0.29) is 12.3 Å². The van der Waals surface area contributed by atoms with Crippen LogP contribution < -0.4 is 9.80 Å². The monoisotopic (exact) mass is 169 g/mol. The van der Waals surface area contributed by atoms with E-state index in [1.165, 1.54) is 6.20 Å². The third-order valence-corrected chi connectivity index (χ3v) is 1.83. The molecular weight excluding hydrogens is 162 g/mol. The summed E-state index contributed by atoms with van der Waals surface area (Å²) in [6, 6.07) is 0. The third kappa shape index (κ3) is 1.01. The zero-order valence-electron chi connectivity index (χ0n) is 6.27. The Labute approximate surface area is 67.9 Å². The second-order valence-corrected chi connectivity index (χ2v) is 2.64. The average Bonchev–Trinajstić information content (AvgIpc) is 2.58. The molecule has 2 heterocycles. The lowest BCUT2D eigenvalue weighted by atomic mass is 10.4. The lowest BCUT2D eigenvalue weighted by molar-refractivity contribution is -0.792. The molecule has 0 atom stereocenters. The molecule has 0 N–H and O–H groups in total. The summed E-state index contributed by atoms with van der Waals surface area (Å²) in [6.45, 7) is 0.853. The summed E-state index contributed by atoms with van der Waals surface area (Å²) in [4.78, 5) is 12.8. The summed E-state index contributed by atoms with van der Waals surface area (Å²) in [5.74, 6) is 0.442. The van der Waals surface area contributed by atoms with Crippen LogP contribution in [-0.4, -0.2) is 24.0 Å². The number of rotatable bonds is 1. The third-order valence-electron chi connectivity index (χ3n) is 1.83. The Morgan fingerprint density at radius 1 is 1.75 bits per heavy atom. The van der Waals surface area contributed by atoms with E-state index in [2.05, 4.69) is 9.79 Å². The van der Waals surface area contributed by atoms with Crippen LogP contribution in [0.5, 0.6) is 0 Å². The number of nitrogens with zero attached hydrogens (tertiary/aromatic N) is 3. The Morgan fingerprint density at radius 2 is 2.58 bits per heavy atom. The normalized spacial score (nSPS) is 17.3. The number of anilines is 1. The molecule has 0 aliphatic carbocycles. The highest BCUT2D eigenvalue weighted by Gasteiger charge is 2.27. The fourth-order valence-electron chi connectivity index (χ4n) is 1.23. The maximum absolute atomic E-state index is 10.9. The van der Waals surface area contributed by atoms with Gasteiger partial charge in [-0.15, -0.1) is 0 Å². The van der Waals surface area contributed by atoms with Crippen LogP contribution in [0, 0.1) is 5.21 Å². The van der Waals surface area contributed by atoms with E-state index in [9.17, 15) is 10.0 Å². The van der Waals surface area contributed by atoms with Gasteiger partial charge in [-0.2, -0.15) is 0 Å². The topological polar surface area (TPSA) is 73.3 Å². The number of carbonyl (C=O) groups is 1. The molecule has 0 unspecified atom stereocenters. The summed E-state index contributed by atoms with van der Waals surface area (Å²) in [7, 11) is 0. The highest BCUT2D eigenvalue weighted by atomic mass is 16.8. The predicted octanol–water partition coefficient (Wildman–Crippen LogP) is -0.913. The first-order chi connectivity index (χ1) is 5.77. The molecule has 0 amide bonds. The van der Waals surface area contributed by atoms with Gasteiger partial charge in [0.15, 0.2) is 12.0 Å². The van der Waals surface area contributed by atoms with E-state index in [1.54, 1.807) is 4.90 Å². The second kappa shape index (κ2) is 2.47. The van der Waals surface area contributed by atoms with Gasteiger partial charge in [0.2, 0.25) is 0 Å². The van der Waals surface area contributed by atoms with E-state index in [4.69, 9.17) is 0 Å². The van der Waals surface area contributed by atoms with Crippen molar-refractivity contribution >= 4 is 11.6 Å². The summed E-state index contributed by atoms with van der Waals surface area (Å²) < 4.78 is 4.27. The SMILES string of the molecule is O=C1CCN(c2cno[n+]2[O-])C1. The van der Waals surface area contributed by atoms with Crippen molar-refractivity contribution in [1.29, 1.82) is 0 Å². The van der Waals surface area contributed by atoms with Gasteiger partial charge in [-0.05, 0) is 5.16 Å². The molecule has 0 aromatic carbocycles. The summed E-state index contributed by atoms with van der Waals surface area (Å²) >= 11 is 0. The highest BCUT2D eigenvalue weighted by molar-refractivity contribution is 5.86. The molecule has 1 aliphatic heterocycles. The van der Waals surface area contributed by atoms with Crippen LogP contribution in [0.25, 0.3) is 0 Å². The molecule has 1 aromatic heterocycles. The number of hydrogen-bond acceptors (Lipinski definition) is 5. The van der Waals surface area contributed by atoms with E-state index >= 15 is 0 Å². The smallest absolute Gasteiger partial charge is 0.297 e. The van der Waals surface area contributed by atoms with Gasteiger partial charge in [-0.25, -0.2) is 0 Å². The van der Waals surface area contributed by atoms with Crippen molar-refractivity contribution in [2.45, 2.75) is 6.42 Å². The van der Waals surface area contributed by atoms with E-state index < -0.39 is 0 Å². The lowest BCUT2D eigenvalue weighted by Gasteiger charge is -2.07. The van der Waals surface area contributed by atoms with Gasteiger partial charge in [0.05, 0.1) is 6.54 Å². The van der Waals surface area contributed by atoms with Gasteiger partial charge in [0.1, 0.15) is 6.54 Å². The number of hydrogen-bond donors (Lipinski definition) is 0. The summed E-state index contributed by atoms with van der Waals surface area (Å²) in [6.07, 6.45) is 1.80. The molecule has 1 fully saturated rings. The molecule has 64 valence electrons. The number of carbonyl (C=O) groups excluding carboxylic acids is 1. The van der Waals surface area contributed by atoms with E-state index in [1.807, 2.05) is 0 Å². The zero-order valence-corrected chi connectivity index (χ0v) is 6.27. The van der Waals surface area contributed by atoms with Gasteiger partial charge < -0.3 is 9.84 Å². The minimum Gasteiger partial charge on any atom is -0.391 e. The van der Waals surface area contributed by atoms with Crippen molar-refractivity contribution in [3.8, 4) is 0 Å². The Kier molecular flexibility index (Phi) is 1.46. The van der Waals surface area contributed by atoms with Crippen LogP contribution in [0.3, 0.4) is 0 Å². The van der Waals surface area contributed by atoms with Crippen molar-refractivity contribution in [3.63, 3.8) is 0 Å². The maximum Gasteiger partial charge on any atom is 0.297 e. The van der Waals surface area contributed by atoms with Gasteiger partial charge in [0.25, 0.3) is 5.82 Å². The number of ketones is 1. The van der Waals surface area contributed by atoms with Crippen LogP contribution in [0.2, 0.25) is 0 Å². The minimum atomic E-state index is 0.135. The van der Waals surface area contributed by atoms with Crippen molar-refractivity contribution < 1.29 is 14.3 Å². The molecule has 1 saturated heterocycles. The van der Waals surface area contributed by atoms with Crippen LogP contribution in [-0.2, 0) is 4.79 Å². The number of aromatic nitrogens is 2. The fourth-order valence-corrected chi connectivity index (χ4v) is 1.23. The van der Waals surface area contributed by atoms with E-state index in [0.717, 1.165) is 0 Å². The summed E-state index contributed by atoms with van der Waals surface area (Å²) in [5.41, 5.74) is 0. The minimum absolute atomic E-state index is 0.135. The zero-order chi connectivity index (χ0) is 8.55. The fraction of sp³-hybridized carbons (Fsp3) is 0.500. The second-order valence-electron chi connectivity index (χ2n) is 2.64. The van der Waals surface area contributed by atoms with E-state index in [0.29, 0.717) is 23.7 Å². The molecule has 0 saturated carbocycles. The Bertz CT molecular complexity index is 309. The largest absolute Gasteiger partial charge is 0.391 e. The predicted molar refractivity (Wildman–Crippen MR) is 37.3 cm³/mol. The molecule has 1 aromatic rings. The molecule has 6 nitrogen and oxygen atoms in total. The Morgan fingerprint density at radius 3 is 3.08 bits per heavy atom. The Balaban J connectivity index is 2.21. The standard InChI is InChI=1S/C6H7N3O3/c10-5-1-2-8(4-5)6-3-7-12-9(6)11/h3H,1-2,4H2. The van der Waals surface area contributed by atoms with Crippen LogP contribution in [0.15, 0.2) is 10.8 Å². The molecule has 2 rings (SSSR count). The molecule has 0 spiro atoms. The molecule has 12 heavy (non-hydrogen) atoms. The molecule has 1 aliphatic rings. The molecular formula is C6H7N3O3. The Hall–Kier alpha value is -1.59. The first-order valence-electron chi connectivity index (χ1n) is 3.59. The van der Waals surface area contributed by atoms with Gasteiger partial charge in [0, 0.05) is 6.42 Å². The quantitative estimate of drug-likeness (QED) is 0.509. The molecule has 6 heteroatoms. The van der Waals surface area contributed by atoms with Crippen molar-refractivity contribution in [2.24, 2.45) is 0 Å². The van der Waals surface area contributed by atoms with Crippen molar-refractivity contribution in [2.75, 3.05) is 18.0 Å². The van der Waals surface area contributed by atoms with Crippen molar-refractivity contribution in [1.82, 2.24) is 5.16 Å². The first-order valence-corrected chi connectivity index (χ1v) is 3.59. The van der Waals surface area contributed by atoms with Crippen LogP contribution >= 0.6 is 0 Å². The lowest BCUT2D eigenvalue weighted by Crippen LogP contribution is -2.34. The van der Waals surface area contributed by atoms with Crippen molar-refractivity contribution in [3.05, 3.63) is 11.4 Å². The first kappa shape index (κ1) is 7.08. The van der Waals surface area contributed by atoms with Crippen LogP contribution in [0.1, 0.15) is 6.42 Å². The van der Waals surface area contributed by atoms with Gasteiger partial charge >= 0.3 is 0 Å². The average molecular weight is 169 g/mol. The van der Waals surface area contributed by atoms with Gasteiger partial charge in [-0.3, -0.25) is 9.69 Å². The maximum atomic E-state index is 10.9. The molecule has 0 radical (unpaired) electrons. The number of Topliss-reactive ketones (excluding diaryl/α,β-unsaturated/α-hetero) is 1. The highest BCUT2D eigenvalue weighted by Crippen LogP contribution is 2.12. The van der Waals surface area contributed by atoms with Crippen LogP contribution in [0.4, 0.5) is 5.82 Å². The van der Waals surface area contributed by atoms with Gasteiger partial charge in [-0.1, -0.05) is 4.90 Å². The molecule has 0 bridgehead atoms.